The molecule has 0 aliphatic rings. The van der Waals surface area contributed by atoms with E-state index in [-0.39, 0.29) is 18.1 Å². The summed E-state index contributed by atoms with van der Waals surface area (Å²) >= 11 is 0. The first-order valence-electron chi connectivity index (χ1n) is 4.93. The predicted octanol–water partition coefficient (Wildman–Crippen LogP) is 0.716. The zero-order valence-electron chi connectivity index (χ0n) is 9.01. The van der Waals surface area contributed by atoms with Crippen LogP contribution in [-0.4, -0.2) is 36.3 Å². The number of sulfone groups is 1. The highest BCUT2D eigenvalue weighted by atomic mass is 32.2. The van der Waals surface area contributed by atoms with Crippen molar-refractivity contribution in [2.45, 2.75) is 20.4 Å². The van der Waals surface area contributed by atoms with Crippen molar-refractivity contribution < 1.29 is 13.2 Å². The summed E-state index contributed by atoms with van der Waals surface area (Å²) in [7, 11) is -2.94. The first kappa shape index (κ1) is 12.0. The lowest BCUT2D eigenvalue weighted by Crippen LogP contribution is -2.15. The number of hydrogen-bond acceptors (Lipinski definition) is 4. The highest BCUT2D eigenvalue weighted by Gasteiger charge is 2.07. The molecule has 1 aromatic heterocycles. The van der Waals surface area contributed by atoms with E-state index in [0.717, 1.165) is 6.54 Å². The fraction of sp³-hybridized carbons (Fsp3) is 0.667. The van der Waals surface area contributed by atoms with Gasteiger partial charge in [0.15, 0.2) is 15.6 Å². The standard InChI is InChI=1S/C9H16N2O3S/c1-3-11-8-9(7-10-11)14-5-6-15(12,13)4-2/h7-8H,3-6H2,1-2H3. The summed E-state index contributed by atoms with van der Waals surface area (Å²) in [5.41, 5.74) is 0. The molecule has 0 radical (unpaired) electrons. The van der Waals surface area contributed by atoms with Crippen molar-refractivity contribution in [1.29, 1.82) is 0 Å². The molecule has 0 N–H and O–H groups in total. The molecule has 5 nitrogen and oxygen atoms in total. The van der Waals surface area contributed by atoms with Gasteiger partial charge in [0, 0.05) is 12.3 Å². The van der Waals surface area contributed by atoms with Crippen molar-refractivity contribution in [3.63, 3.8) is 0 Å². The Labute approximate surface area is 90.0 Å². The van der Waals surface area contributed by atoms with Gasteiger partial charge >= 0.3 is 0 Å². The summed E-state index contributed by atoms with van der Waals surface area (Å²) in [6, 6.07) is 0. The Balaban J connectivity index is 2.38. The highest BCUT2D eigenvalue weighted by Crippen LogP contribution is 2.07. The fourth-order valence-electron chi connectivity index (χ4n) is 1.02. The van der Waals surface area contributed by atoms with Crippen LogP contribution in [0.25, 0.3) is 0 Å². The van der Waals surface area contributed by atoms with Gasteiger partial charge in [-0.15, -0.1) is 0 Å². The molecule has 0 saturated heterocycles. The van der Waals surface area contributed by atoms with Gasteiger partial charge in [-0.3, -0.25) is 4.68 Å². The number of aromatic nitrogens is 2. The molecule has 0 amide bonds. The summed E-state index contributed by atoms with van der Waals surface area (Å²) in [6.07, 6.45) is 3.33. The number of aryl methyl sites for hydroxylation is 1. The molecule has 0 unspecified atom stereocenters. The number of nitrogens with zero attached hydrogens (tertiary/aromatic N) is 2. The minimum atomic E-state index is -2.94. The molecular formula is C9H16N2O3S. The minimum Gasteiger partial charge on any atom is -0.489 e. The van der Waals surface area contributed by atoms with Crippen molar-refractivity contribution in [2.24, 2.45) is 0 Å². The van der Waals surface area contributed by atoms with Crippen LogP contribution in [-0.2, 0) is 16.4 Å². The third-order valence-corrected chi connectivity index (χ3v) is 3.70. The maximum atomic E-state index is 11.2. The lowest BCUT2D eigenvalue weighted by atomic mass is 10.6. The van der Waals surface area contributed by atoms with Crippen molar-refractivity contribution >= 4 is 9.84 Å². The maximum Gasteiger partial charge on any atom is 0.157 e. The molecule has 6 heteroatoms. The van der Waals surface area contributed by atoms with Gasteiger partial charge in [-0.25, -0.2) is 8.42 Å². The van der Waals surface area contributed by atoms with E-state index in [2.05, 4.69) is 5.10 Å². The van der Waals surface area contributed by atoms with Crippen LogP contribution in [0, 0.1) is 0 Å². The third-order valence-electron chi connectivity index (χ3n) is 2.04. The van der Waals surface area contributed by atoms with Crippen LogP contribution in [0.3, 0.4) is 0 Å². The molecule has 15 heavy (non-hydrogen) atoms. The van der Waals surface area contributed by atoms with E-state index in [1.165, 1.54) is 0 Å². The lowest BCUT2D eigenvalue weighted by Gasteiger charge is -2.02. The van der Waals surface area contributed by atoms with E-state index in [1.807, 2.05) is 6.92 Å². The van der Waals surface area contributed by atoms with Gasteiger partial charge in [0.2, 0.25) is 0 Å². The van der Waals surface area contributed by atoms with E-state index in [0.29, 0.717) is 5.75 Å². The largest absolute Gasteiger partial charge is 0.489 e. The Kier molecular flexibility index (Phi) is 4.14. The monoisotopic (exact) mass is 232 g/mol. The molecule has 1 rings (SSSR count). The van der Waals surface area contributed by atoms with Gasteiger partial charge in [-0.2, -0.15) is 5.10 Å². The molecule has 1 heterocycles. The summed E-state index contributed by atoms with van der Waals surface area (Å²) in [4.78, 5) is 0. The van der Waals surface area contributed by atoms with Gasteiger partial charge in [0.25, 0.3) is 0 Å². The van der Waals surface area contributed by atoms with Crippen molar-refractivity contribution in [1.82, 2.24) is 9.78 Å². The Bertz CT molecular complexity index is 397. The van der Waals surface area contributed by atoms with Crippen molar-refractivity contribution in [3.05, 3.63) is 12.4 Å². The molecule has 86 valence electrons. The first-order valence-corrected chi connectivity index (χ1v) is 6.75. The second kappa shape index (κ2) is 5.16. The van der Waals surface area contributed by atoms with E-state index < -0.39 is 9.84 Å². The second-order valence-electron chi connectivity index (χ2n) is 3.12. The number of rotatable bonds is 6. The van der Waals surface area contributed by atoms with E-state index >= 15 is 0 Å². The van der Waals surface area contributed by atoms with Gasteiger partial charge in [-0.05, 0) is 6.92 Å². The van der Waals surface area contributed by atoms with Crippen LogP contribution in [0.15, 0.2) is 12.4 Å². The SMILES string of the molecule is CCn1cc(OCCS(=O)(=O)CC)cn1. The average Bonchev–Trinajstić information content (AvgIpc) is 2.66. The molecular weight excluding hydrogens is 216 g/mol. The Morgan fingerprint density at radius 2 is 2.20 bits per heavy atom. The molecule has 0 bridgehead atoms. The second-order valence-corrected chi connectivity index (χ2v) is 5.59. The van der Waals surface area contributed by atoms with Crippen molar-refractivity contribution in [2.75, 3.05) is 18.1 Å². The summed E-state index contributed by atoms with van der Waals surface area (Å²) < 4.78 is 29.3. The molecule has 0 aromatic carbocycles. The molecule has 0 spiro atoms. The van der Waals surface area contributed by atoms with Crippen LogP contribution >= 0.6 is 0 Å². The van der Waals surface area contributed by atoms with Crippen molar-refractivity contribution in [3.8, 4) is 5.75 Å². The van der Waals surface area contributed by atoms with E-state index in [4.69, 9.17) is 4.74 Å². The van der Waals surface area contributed by atoms with Crippen LogP contribution in [0.2, 0.25) is 0 Å². The zero-order valence-corrected chi connectivity index (χ0v) is 9.83. The first-order chi connectivity index (χ1) is 7.07. The molecule has 0 atom stereocenters. The van der Waals surface area contributed by atoms with Gasteiger partial charge in [0.05, 0.1) is 18.1 Å². The smallest absolute Gasteiger partial charge is 0.157 e. The van der Waals surface area contributed by atoms with Crippen LogP contribution in [0.4, 0.5) is 0 Å². The summed E-state index contributed by atoms with van der Waals surface area (Å²) in [5.74, 6) is 0.828. The lowest BCUT2D eigenvalue weighted by molar-refractivity contribution is 0.340. The zero-order chi connectivity index (χ0) is 11.3. The van der Waals surface area contributed by atoms with Gasteiger partial charge < -0.3 is 4.74 Å². The molecule has 0 aliphatic carbocycles. The third kappa shape index (κ3) is 3.91. The topological polar surface area (TPSA) is 61.2 Å². The summed E-state index contributed by atoms with van der Waals surface area (Å²) in [5, 5.41) is 4.01. The Hall–Kier alpha value is -1.04. The molecule has 0 aliphatic heterocycles. The normalized spacial score (nSPS) is 11.6. The van der Waals surface area contributed by atoms with E-state index in [1.54, 1.807) is 24.0 Å². The molecule has 1 aromatic rings. The van der Waals surface area contributed by atoms with Crippen LogP contribution in [0.1, 0.15) is 13.8 Å². The van der Waals surface area contributed by atoms with Crippen LogP contribution < -0.4 is 4.74 Å². The number of hydrogen-bond donors (Lipinski definition) is 0. The minimum absolute atomic E-state index is 0.0564. The average molecular weight is 232 g/mol. The maximum absolute atomic E-state index is 11.2. The van der Waals surface area contributed by atoms with Crippen LogP contribution in [0.5, 0.6) is 5.75 Å². The molecule has 0 fully saturated rings. The fourth-order valence-corrected chi connectivity index (χ4v) is 1.65. The predicted molar refractivity (Wildman–Crippen MR) is 57.7 cm³/mol. The van der Waals surface area contributed by atoms with Gasteiger partial charge in [0.1, 0.15) is 6.61 Å². The van der Waals surface area contributed by atoms with Gasteiger partial charge in [-0.1, -0.05) is 6.92 Å². The highest BCUT2D eigenvalue weighted by molar-refractivity contribution is 7.91. The number of ether oxygens (including phenoxy) is 1. The van der Waals surface area contributed by atoms with E-state index in [9.17, 15) is 8.42 Å². The summed E-state index contributed by atoms with van der Waals surface area (Å²) in [6.45, 7) is 4.56. The molecule has 0 saturated carbocycles. The Morgan fingerprint density at radius 3 is 2.73 bits per heavy atom. The Morgan fingerprint density at radius 1 is 1.47 bits per heavy atom. The quantitative estimate of drug-likeness (QED) is 0.725.